The SMILES string of the molecule is Cl.O=C(O)C1CCN(CCOc2cccc3ccccc23)CC1. The molecule has 0 aliphatic carbocycles. The van der Waals surface area contributed by atoms with Crippen molar-refractivity contribution in [2.75, 3.05) is 26.2 Å². The van der Waals surface area contributed by atoms with Gasteiger partial charge in [0, 0.05) is 11.9 Å². The minimum atomic E-state index is -0.661. The second-order valence-electron chi connectivity index (χ2n) is 5.78. The summed E-state index contributed by atoms with van der Waals surface area (Å²) in [6.07, 6.45) is 1.48. The zero-order chi connectivity index (χ0) is 15.4. The minimum Gasteiger partial charge on any atom is -0.492 e. The van der Waals surface area contributed by atoms with E-state index in [1.54, 1.807) is 0 Å². The Bertz CT molecular complexity index is 648. The molecule has 1 saturated heterocycles. The van der Waals surface area contributed by atoms with Crippen LogP contribution in [0.25, 0.3) is 10.8 Å². The molecule has 0 atom stereocenters. The Labute approximate surface area is 142 Å². The average molecular weight is 336 g/mol. The fraction of sp³-hybridized carbons (Fsp3) is 0.389. The molecule has 1 N–H and O–H groups in total. The van der Waals surface area contributed by atoms with Crippen molar-refractivity contribution in [3.63, 3.8) is 0 Å². The van der Waals surface area contributed by atoms with Gasteiger partial charge in [0.25, 0.3) is 0 Å². The van der Waals surface area contributed by atoms with Gasteiger partial charge in [-0.3, -0.25) is 9.69 Å². The number of benzene rings is 2. The highest BCUT2D eigenvalue weighted by atomic mass is 35.5. The number of hydrogen-bond donors (Lipinski definition) is 1. The molecule has 0 radical (unpaired) electrons. The zero-order valence-electron chi connectivity index (χ0n) is 13.0. The maximum atomic E-state index is 10.9. The Balaban J connectivity index is 0.00000192. The third-order valence-electron chi connectivity index (χ3n) is 4.35. The van der Waals surface area contributed by atoms with Gasteiger partial charge in [0.15, 0.2) is 0 Å². The average Bonchev–Trinajstić information content (AvgIpc) is 2.55. The van der Waals surface area contributed by atoms with Crippen molar-refractivity contribution in [2.45, 2.75) is 12.8 Å². The van der Waals surface area contributed by atoms with Crippen molar-refractivity contribution < 1.29 is 14.6 Å². The molecule has 0 amide bonds. The summed E-state index contributed by atoms with van der Waals surface area (Å²) in [4.78, 5) is 13.2. The first kappa shape index (κ1) is 17.6. The molecule has 1 fully saturated rings. The minimum absolute atomic E-state index is 0. The first-order chi connectivity index (χ1) is 10.7. The molecular formula is C18H22ClNO3. The van der Waals surface area contributed by atoms with E-state index in [1.165, 1.54) is 5.39 Å². The van der Waals surface area contributed by atoms with Crippen molar-refractivity contribution in [1.82, 2.24) is 4.90 Å². The van der Waals surface area contributed by atoms with Gasteiger partial charge in [0.05, 0.1) is 5.92 Å². The Morgan fingerprint density at radius 3 is 2.57 bits per heavy atom. The predicted molar refractivity (Wildman–Crippen MR) is 93.5 cm³/mol. The Kier molecular flexibility index (Phi) is 6.25. The number of likely N-dealkylation sites (tertiary alicyclic amines) is 1. The second-order valence-corrected chi connectivity index (χ2v) is 5.78. The topological polar surface area (TPSA) is 49.8 Å². The number of carbonyl (C=O) groups is 1. The van der Waals surface area contributed by atoms with Crippen molar-refractivity contribution in [1.29, 1.82) is 0 Å². The van der Waals surface area contributed by atoms with Crippen LogP contribution in [-0.2, 0) is 4.79 Å². The molecule has 4 nitrogen and oxygen atoms in total. The van der Waals surface area contributed by atoms with Crippen LogP contribution in [0, 0.1) is 5.92 Å². The number of carboxylic acids is 1. The van der Waals surface area contributed by atoms with Crippen molar-refractivity contribution >= 4 is 29.1 Å². The summed E-state index contributed by atoms with van der Waals surface area (Å²) in [5.74, 6) is 0.0837. The summed E-state index contributed by atoms with van der Waals surface area (Å²) in [6, 6.07) is 14.3. The van der Waals surface area contributed by atoms with E-state index >= 15 is 0 Å². The van der Waals surface area contributed by atoms with Crippen molar-refractivity contribution in [2.24, 2.45) is 5.92 Å². The fourth-order valence-corrected chi connectivity index (χ4v) is 3.01. The monoisotopic (exact) mass is 335 g/mol. The molecular weight excluding hydrogens is 314 g/mol. The molecule has 1 heterocycles. The zero-order valence-corrected chi connectivity index (χ0v) is 13.8. The van der Waals surface area contributed by atoms with Crippen LogP contribution in [0.4, 0.5) is 0 Å². The molecule has 2 aromatic carbocycles. The second kappa shape index (κ2) is 8.18. The van der Waals surface area contributed by atoms with E-state index in [4.69, 9.17) is 9.84 Å². The summed E-state index contributed by atoms with van der Waals surface area (Å²) in [7, 11) is 0. The Morgan fingerprint density at radius 2 is 1.83 bits per heavy atom. The van der Waals surface area contributed by atoms with E-state index < -0.39 is 5.97 Å². The molecule has 2 aromatic rings. The Morgan fingerprint density at radius 1 is 1.13 bits per heavy atom. The molecule has 23 heavy (non-hydrogen) atoms. The van der Waals surface area contributed by atoms with Gasteiger partial charge in [-0.2, -0.15) is 0 Å². The predicted octanol–water partition coefficient (Wildman–Crippen LogP) is 3.44. The number of carboxylic acid groups (broad SMARTS) is 1. The summed E-state index contributed by atoms with van der Waals surface area (Å²) in [5.41, 5.74) is 0. The number of aliphatic carboxylic acids is 1. The lowest BCUT2D eigenvalue weighted by molar-refractivity contribution is -0.143. The van der Waals surface area contributed by atoms with Crippen LogP contribution in [0.3, 0.4) is 0 Å². The molecule has 0 spiro atoms. The van der Waals surface area contributed by atoms with Gasteiger partial charge in [-0.1, -0.05) is 36.4 Å². The first-order valence-corrected chi connectivity index (χ1v) is 7.80. The van der Waals surface area contributed by atoms with Crippen LogP contribution in [0.5, 0.6) is 5.75 Å². The molecule has 0 aromatic heterocycles. The van der Waals surface area contributed by atoms with Gasteiger partial charge < -0.3 is 9.84 Å². The standard InChI is InChI=1S/C18H21NO3.ClH/c20-18(21)15-8-10-19(11-9-15)12-13-22-17-7-3-5-14-4-1-2-6-16(14)17;/h1-7,15H,8-13H2,(H,20,21);1H. The molecule has 0 saturated carbocycles. The number of piperidine rings is 1. The van der Waals surface area contributed by atoms with E-state index in [1.807, 2.05) is 24.3 Å². The van der Waals surface area contributed by atoms with E-state index in [-0.39, 0.29) is 18.3 Å². The summed E-state index contributed by atoms with van der Waals surface area (Å²) >= 11 is 0. The molecule has 1 aliphatic heterocycles. The molecule has 5 heteroatoms. The third-order valence-corrected chi connectivity index (χ3v) is 4.35. The van der Waals surface area contributed by atoms with Gasteiger partial charge in [-0.25, -0.2) is 0 Å². The number of ether oxygens (including phenoxy) is 1. The lowest BCUT2D eigenvalue weighted by Gasteiger charge is -2.29. The normalized spacial score (nSPS) is 16.0. The Hall–Kier alpha value is -1.78. The first-order valence-electron chi connectivity index (χ1n) is 7.80. The largest absolute Gasteiger partial charge is 0.492 e. The fourth-order valence-electron chi connectivity index (χ4n) is 3.01. The van der Waals surface area contributed by atoms with Crippen LogP contribution < -0.4 is 4.74 Å². The maximum absolute atomic E-state index is 10.9. The number of nitrogens with zero attached hydrogens (tertiary/aromatic N) is 1. The molecule has 1 aliphatic rings. The van der Waals surface area contributed by atoms with Gasteiger partial charge in [-0.05, 0) is 37.4 Å². The van der Waals surface area contributed by atoms with Crippen LogP contribution in [0.15, 0.2) is 42.5 Å². The van der Waals surface area contributed by atoms with Crippen LogP contribution in [-0.4, -0.2) is 42.2 Å². The number of halogens is 1. The van der Waals surface area contributed by atoms with Gasteiger partial charge in [0.1, 0.15) is 12.4 Å². The van der Waals surface area contributed by atoms with Crippen LogP contribution in [0.2, 0.25) is 0 Å². The van der Waals surface area contributed by atoms with E-state index in [0.29, 0.717) is 6.61 Å². The number of hydrogen-bond acceptors (Lipinski definition) is 3. The maximum Gasteiger partial charge on any atom is 0.306 e. The summed E-state index contributed by atoms with van der Waals surface area (Å²) in [6.45, 7) is 3.16. The van der Waals surface area contributed by atoms with E-state index in [0.717, 1.165) is 43.6 Å². The van der Waals surface area contributed by atoms with Crippen molar-refractivity contribution in [3.8, 4) is 5.75 Å². The highest BCUT2D eigenvalue weighted by molar-refractivity contribution is 5.88. The lowest BCUT2D eigenvalue weighted by Crippen LogP contribution is -2.38. The highest BCUT2D eigenvalue weighted by Crippen LogP contribution is 2.25. The van der Waals surface area contributed by atoms with Gasteiger partial charge >= 0.3 is 5.97 Å². The van der Waals surface area contributed by atoms with Crippen LogP contribution in [0.1, 0.15) is 12.8 Å². The third kappa shape index (κ3) is 4.36. The highest BCUT2D eigenvalue weighted by Gasteiger charge is 2.24. The van der Waals surface area contributed by atoms with E-state index in [9.17, 15) is 4.79 Å². The summed E-state index contributed by atoms with van der Waals surface area (Å²) in [5, 5.41) is 11.3. The lowest BCUT2D eigenvalue weighted by atomic mass is 9.97. The van der Waals surface area contributed by atoms with Gasteiger partial charge in [-0.15, -0.1) is 12.4 Å². The summed E-state index contributed by atoms with van der Waals surface area (Å²) < 4.78 is 5.94. The molecule has 0 bridgehead atoms. The molecule has 3 rings (SSSR count). The van der Waals surface area contributed by atoms with Crippen molar-refractivity contribution in [3.05, 3.63) is 42.5 Å². The smallest absolute Gasteiger partial charge is 0.306 e. The molecule has 124 valence electrons. The van der Waals surface area contributed by atoms with E-state index in [2.05, 4.69) is 23.1 Å². The van der Waals surface area contributed by atoms with Gasteiger partial charge in [0.2, 0.25) is 0 Å². The quantitative estimate of drug-likeness (QED) is 0.909. The number of rotatable bonds is 5. The number of fused-ring (bicyclic) bond motifs is 1. The van der Waals surface area contributed by atoms with Crippen LogP contribution >= 0.6 is 12.4 Å². The molecule has 0 unspecified atom stereocenters.